The van der Waals surface area contributed by atoms with Crippen molar-refractivity contribution in [3.8, 4) is 28.5 Å². The number of thiazole rings is 1. The molecular formula is C24H26N2O5S. The van der Waals surface area contributed by atoms with Gasteiger partial charge in [0.1, 0.15) is 0 Å². The summed E-state index contributed by atoms with van der Waals surface area (Å²) in [7, 11) is 4.59. The Morgan fingerprint density at radius 3 is 2.44 bits per heavy atom. The molecule has 1 amide bonds. The number of nitrogens with zero attached hydrogens (tertiary/aromatic N) is 2. The number of carbonyl (C=O) groups is 1. The number of carbonyl (C=O) groups excluding carboxylic acids is 1. The van der Waals surface area contributed by atoms with Gasteiger partial charge in [-0.1, -0.05) is 30.3 Å². The quantitative estimate of drug-likeness (QED) is 0.493. The molecule has 1 aliphatic rings. The lowest BCUT2D eigenvalue weighted by atomic mass is 10.1. The first-order chi connectivity index (χ1) is 15.6. The van der Waals surface area contributed by atoms with Gasteiger partial charge in [-0.25, -0.2) is 4.98 Å². The lowest BCUT2D eigenvalue weighted by Gasteiger charge is -2.24. The highest BCUT2D eigenvalue weighted by Crippen LogP contribution is 2.39. The zero-order valence-corrected chi connectivity index (χ0v) is 19.2. The first kappa shape index (κ1) is 22.1. The second-order valence-corrected chi connectivity index (χ2v) is 8.18. The van der Waals surface area contributed by atoms with E-state index in [0.29, 0.717) is 41.1 Å². The van der Waals surface area contributed by atoms with Gasteiger partial charge in [-0.15, -0.1) is 11.3 Å². The molecule has 168 valence electrons. The number of hydrogen-bond acceptors (Lipinski definition) is 7. The smallest absolute Gasteiger partial charge is 0.260 e. The molecule has 0 aliphatic carbocycles. The zero-order chi connectivity index (χ0) is 22.5. The molecule has 1 aliphatic heterocycles. The van der Waals surface area contributed by atoms with E-state index in [1.165, 1.54) is 32.7 Å². The number of anilines is 1. The van der Waals surface area contributed by atoms with Gasteiger partial charge in [-0.3, -0.25) is 9.69 Å². The van der Waals surface area contributed by atoms with Crippen LogP contribution in [0.2, 0.25) is 0 Å². The molecule has 2 aromatic carbocycles. The molecular weight excluding hydrogens is 428 g/mol. The van der Waals surface area contributed by atoms with Gasteiger partial charge in [0.05, 0.1) is 39.7 Å². The van der Waals surface area contributed by atoms with Gasteiger partial charge in [0, 0.05) is 23.1 Å². The van der Waals surface area contributed by atoms with E-state index in [-0.39, 0.29) is 12.0 Å². The van der Waals surface area contributed by atoms with Gasteiger partial charge in [-0.05, 0) is 25.0 Å². The van der Waals surface area contributed by atoms with E-state index < -0.39 is 0 Å². The molecule has 0 radical (unpaired) electrons. The minimum Gasteiger partial charge on any atom is -0.493 e. The van der Waals surface area contributed by atoms with Crippen LogP contribution < -0.4 is 19.1 Å². The fourth-order valence-electron chi connectivity index (χ4n) is 3.73. The fraction of sp³-hybridized carbons (Fsp3) is 0.333. The Labute approximate surface area is 191 Å². The first-order valence-corrected chi connectivity index (χ1v) is 11.3. The second kappa shape index (κ2) is 10.0. The molecule has 3 aromatic rings. The van der Waals surface area contributed by atoms with Crippen LogP contribution in [0, 0.1) is 0 Å². The number of methoxy groups -OCH3 is 3. The van der Waals surface area contributed by atoms with Crippen molar-refractivity contribution in [2.24, 2.45) is 0 Å². The van der Waals surface area contributed by atoms with Crippen LogP contribution in [0.4, 0.5) is 5.13 Å². The van der Waals surface area contributed by atoms with Crippen LogP contribution in [0.3, 0.4) is 0 Å². The summed E-state index contributed by atoms with van der Waals surface area (Å²) in [5.74, 6) is 1.10. The van der Waals surface area contributed by atoms with Crippen LogP contribution >= 0.6 is 11.3 Å². The van der Waals surface area contributed by atoms with E-state index in [4.69, 9.17) is 23.9 Å². The molecule has 0 N–H and O–H groups in total. The van der Waals surface area contributed by atoms with Crippen molar-refractivity contribution in [1.29, 1.82) is 0 Å². The number of hydrogen-bond donors (Lipinski definition) is 0. The minimum atomic E-state index is -0.200. The molecule has 7 nitrogen and oxygen atoms in total. The highest BCUT2D eigenvalue weighted by Gasteiger charge is 2.28. The van der Waals surface area contributed by atoms with Crippen LogP contribution in [-0.4, -0.2) is 51.5 Å². The Hall–Kier alpha value is -3.10. The molecule has 0 unspecified atom stereocenters. The predicted octanol–water partition coefficient (Wildman–Crippen LogP) is 4.66. The normalized spacial score (nSPS) is 15.4. The van der Waals surface area contributed by atoms with Gasteiger partial charge < -0.3 is 18.9 Å². The topological polar surface area (TPSA) is 70.1 Å². The summed E-state index contributed by atoms with van der Waals surface area (Å²) in [5.41, 5.74) is 2.27. The number of amides is 1. The fourth-order valence-corrected chi connectivity index (χ4v) is 4.57. The van der Waals surface area contributed by atoms with Crippen molar-refractivity contribution < 1.29 is 23.7 Å². The van der Waals surface area contributed by atoms with Crippen molar-refractivity contribution in [3.05, 3.63) is 53.4 Å². The van der Waals surface area contributed by atoms with Crippen molar-refractivity contribution in [3.63, 3.8) is 0 Å². The van der Waals surface area contributed by atoms with E-state index in [2.05, 4.69) is 0 Å². The summed E-state index contributed by atoms with van der Waals surface area (Å²) in [5, 5.41) is 2.59. The third kappa shape index (κ3) is 4.56. The number of benzene rings is 2. The second-order valence-electron chi connectivity index (χ2n) is 7.35. The van der Waals surface area contributed by atoms with E-state index in [9.17, 15) is 4.79 Å². The third-order valence-electron chi connectivity index (χ3n) is 5.36. The summed E-state index contributed by atoms with van der Waals surface area (Å²) >= 11 is 1.44. The van der Waals surface area contributed by atoms with Gasteiger partial charge in [0.25, 0.3) is 5.91 Å². The summed E-state index contributed by atoms with van der Waals surface area (Å²) in [4.78, 5) is 20.2. The molecule has 0 saturated carbocycles. The Kier molecular flexibility index (Phi) is 6.92. The van der Waals surface area contributed by atoms with Crippen LogP contribution in [-0.2, 0) is 4.74 Å². The molecule has 0 spiro atoms. The summed E-state index contributed by atoms with van der Waals surface area (Å²) < 4.78 is 22.1. The molecule has 8 heteroatoms. The van der Waals surface area contributed by atoms with Crippen LogP contribution in [0.5, 0.6) is 17.2 Å². The SMILES string of the molecule is COc1cc(C(=O)N(C[C@@H]2CCCO2)c2nc(-c3ccccc3)cs2)cc(OC)c1OC. The van der Waals surface area contributed by atoms with Crippen molar-refractivity contribution in [2.75, 3.05) is 39.4 Å². The summed E-state index contributed by atoms with van der Waals surface area (Å²) in [6.45, 7) is 1.14. The maximum Gasteiger partial charge on any atom is 0.260 e. The van der Waals surface area contributed by atoms with Gasteiger partial charge in [-0.2, -0.15) is 0 Å². The van der Waals surface area contributed by atoms with Crippen molar-refractivity contribution in [1.82, 2.24) is 4.98 Å². The molecule has 1 atom stereocenters. The standard InChI is InChI=1S/C24H26N2O5S/c1-28-20-12-17(13-21(29-2)22(20)30-3)23(27)26(14-18-10-7-11-31-18)24-25-19(15-32-24)16-8-5-4-6-9-16/h4-6,8-9,12-13,15,18H,7,10-11,14H2,1-3H3/t18-/m0/s1. The van der Waals surface area contributed by atoms with Gasteiger partial charge in [0.2, 0.25) is 5.75 Å². The molecule has 1 fully saturated rings. The number of aromatic nitrogens is 1. The Morgan fingerprint density at radius 1 is 1.12 bits per heavy atom. The van der Waals surface area contributed by atoms with Crippen molar-refractivity contribution in [2.45, 2.75) is 18.9 Å². The van der Waals surface area contributed by atoms with Gasteiger partial charge >= 0.3 is 0 Å². The van der Waals surface area contributed by atoms with E-state index >= 15 is 0 Å². The minimum absolute atomic E-state index is 0.0231. The first-order valence-electron chi connectivity index (χ1n) is 10.4. The highest BCUT2D eigenvalue weighted by molar-refractivity contribution is 7.14. The summed E-state index contributed by atoms with van der Waals surface area (Å²) in [6.07, 6.45) is 1.88. The molecule has 1 aromatic heterocycles. The molecule has 1 saturated heterocycles. The maximum absolute atomic E-state index is 13.7. The monoisotopic (exact) mass is 454 g/mol. The van der Waals surface area contributed by atoms with Crippen LogP contribution in [0.25, 0.3) is 11.3 Å². The van der Waals surface area contributed by atoms with E-state index in [1.54, 1.807) is 17.0 Å². The zero-order valence-electron chi connectivity index (χ0n) is 18.4. The molecule has 2 heterocycles. The number of rotatable bonds is 8. The average Bonchev–Trinajstić information content (AvgIpc) is 3.54. The van der Waals surface area contributed by atoms with Crippen LogP contribution in [0.1, 0.15) is 23.2 Å². The third-order valence-corrected chi connectivity index (χ3v) is 6.22. The molecule has 32 heavy (non-hydrogen) atoms. The highest BCUT2D eigenvalue weighted by atomic mass is 32.1. The Morgan fingerprint density at radius 2 is 1.84 bits per heavy atom. The lowest BCUT2D eigenvalue weighted by Crippen LogP contribution is -2.37. The lowest BCUT2D eigenvalue weighted by molar-refractivity contribution is 0.0916. The van der Waals surface area contributed by atoms with Gasteiger partial charge in [0.15, 0.2) is 16.6 Å². The maximum atomic E-state index is 13.7. The largest absolute Gasteiger partial charge is 0.493 e. The van der Waals surface area contributed by atoms with Crippen LogP contribution in [0.15, 0.2) is 47.8 Å². The number of ether oxygens (including phenoxy) is 4. The Balaban J connectivity index is 1.71. The Bertz CT molecular complexity index is 1040. The van der Waals surface area contributed by atoms with E-state index in [1.807, 2.05) is 35.7 Å². The predicted molar refractivity (Wildman–Crippen MR) is 124 cm³/mol. The molecule has 4 rings (SSSR count). The molecule has 0 bridgehead atoms. The summed E-state index contributed by atoms with van der Waals surface area (Å²) in [6, 6.07) is 13.2. The average molecular weight is 455 g/mol. The van der Waals surface area contributed by atoms with E-state index in [0.717, 1.165) is 24.1 Å². The van der Waals surface area contributed by atoms with Crippen molar-refractivity contribution >= 4 is 22.4 Å².